The number of piperidine rings is 1. The number of hydrogen-bond donors (Lipinski definition) is 1. The summed E-state index contributed by atoms with van der Waals surface area (Å²) in [6.45, 7) is 9.95. The first-order valence-corrected chi connectivity index (χ1v) is 7.92. The van der Waals surface area contributed by atoms with Gasteiger partial charge in [-0.25, -0.2) is 0 Å². The molecule has 1 atom stereocenters. The summed E-state index contributed by atoms with van der Waals surface area (Å²) in [6, 6.07) is 0.779. The van der Waals surface area contributed by atoms with Crippen molar-refractivity contribution in [2.45, 2.75) is 45.1 Å². The molecule has 2 aliphatic heterocycles. The number of likely N-dealkylation sites (tertiary alicyclic amines) is 2. The maximum absolute atomic E-state index is 3.85. The summed E-state index contributed by atoms with van der Waals surface area (Å²) in [6.07, 6.45) is 6.87. The van der Waals surface area contributed by atoms with E-state index in [9.17, 15) is 0 Å². The first-order valence-electron chi connectivity index (χ1n) is 7.92. The summed E-state index contributed by atoms with van der Waals surface area (Å²) >= 11 is 0. The Morgan fingerprint density at radius 3 is 2.50 bits per heavy atom. The zero-order chi connectivity index (χ0) is 12.8. The molecule has 3 heteroatoms. The summed E-state index contributed by atoms with van der Waals surface area (Å²) in [5.41, 5.74) is 0. The quantitative estimate of drug-likeness (QED) is 0.824. The summed E-state index contributed by atoms with van der Waals surface area (Å²) in [5, 5.41) is 3.85. The van der Waals surface area contributed by atoms with Crippen LogP contribution >= 0.6 is 0 Å². The largest absolute Gasteiger partial charge is 0.314 e. The van der Waals surface area contributed by atoms with Crippen LogP contribution < -0.4 is 5.32 Å². The van der Waals surface area contributed by atoms with E-state index in [1.54, 1.807) is 0 Å². The zero-order valence-corrected chi connectivity index (χ0v) is 12.3. The van der Waals surface area contributed by atoms with Gasteiger partial charge >= 0.3 is 0 Å². The molecule has 0 radical (unpaired) electrons. The summed E-state index contributed by atoms with van der Waals surface area (Å²) < 4.78 is 0. The third kappa shape index (κ3) is 4.52. The second-order valence-corrected chi connectivity index (χ2v) is 6.22. The summed E-state index contributed by atoms with van der Waals surface area (Å²) in [7, 11) is 2.24. The second kappa shape index (κ2) is 7.46. The Hall–Kier alpha value is -0.120. The highest BCUT2D eigenvalue weighted by molar-refractivity contribution is 4.78. The molecule has 3 nitrogen and oxygen atoms in total. The van der Waals surface area contributed by atoms with Crippen molar-refractivity contribution in [2.24, 2.45) is 5.92 Å². The van der Waals surface area contributed by atoms with Crippen LogP contribution in [0, 0.1) is 5.92 Å². The van der Waals surface area contributed by atoms with Crippen molar-refractivity contribution >= 4 is 0 Å². The molecule has 0 aromatic heterocycles. The molecule has 18 heavy (non-hydrogen) atoms. The number of nitrogens with one attached hydrogen (secondary N) is 1. The summed E-state index contributed by atoms with van der Waals surface area (Å²) in [4.78, 5) is 5.05. The van der Waals surface area contributed by atoms with Gasteiger partial charge in [0, 0.05) is 6.04 Å². The first-order chi connectivity index (χ1) is 8.78. The predicted octanol–water partition coefficient (Wildman–Crippen LogP) is 1.79. The van der Waals surface area contributed by atoms with Crippen molar-refractivity contribution in [1.29, 1.82) is 0 Å². The lowest BCUT2D eigenvalue weighted by atomic mass is 9.96. The molecule has 2 heterocycles. The maximum Gasteiger partial charge on any atom is 0.00798 e. The molecule has 2 fully saturated rings. The lowest BCUT2D eigenvalue weighted by Gasteiger charge is -2.30. The molecule has 0 amide bonds. The van der Waals surface area contributed by atoms with E-state index >= 15 is 0 Å². The van der Waals surface area contributed by atoms with Gasteiger partial charge in [-0.05, 0) is 84.3 Å². The van der Waals surface area contributed by atoms with Gasteiger partial charge in [0.1, 0.15) is 0 Å². The van der Waals surface area contributed by atoms with Crippen LogP contribution in [0.5, 0.6) is 0 Å². The molecule has 1 N–H and O–H groups in total. The SMILES string of the molecule is CCN1CCCC(NCC2CCN(C)CC2)CC1. The van der Waals surface area contributed by atoms with Gasteiger partial charge in [0.15, 0.2) is 0 Å². The fourth-order valence-corrected chi connectivity index (χ4v) is 3.28. The van der Waals surface area contributed by atoms with Crippen LogP contribution in [0.4, 0.5) is 0 Å². The van der Waals surface area contributed by atoms with Gasteiger partial charge in [0.2, 0.25) is 0 Å². The van der Waals surface area contributed by atoms with Gasteiger partial charge in [0.05, 0.1) is 0 Å². The molecule has 1 unspecified atom stereocenters. The maximum atomic E-state index is 3.85. The normalized spacial score (nSPS) is 29.3. The number of rotatable bonds is 4. The standard InChI is InChI=1S/C15H31N3/c1-3-18-9-4-5-15(8-12-18)16-13-14-6-10-17(2)11-7-14/h14-16H,3-13H2,1-2H3. The Labute approximate surface area is 113 Å². The molecule has 106 valence electrons. The average molecular weight is 253 g/mol. The van der Waals surface area contributed by atoms with E-state index in [0.29, 0.717) is 0 Å². The minimum atomic E-state index is 0.779. The van der Waals surface area contributed by atoms with Crippen molar-refractivity contribution in [3.8, 4) is 0 Å². The highest BCUT2D eigenvalue weighted by atomic mass is 15.1. The van der Waals surface area contributed by atoms with Gasteiger partial charge in [-0.3, -0.25) is 0 Å². The predicted molar refractivity (Wildman–Crippen MR) is 78.0 cm³/mol. The van der Waals surface area contributed by atoms with E-state index < -0.39 is 0 Å². The van der Waals surface area contributed by atoms with Gasteiger partial charge in [-0.1, -0.05) is 6.92 Å². The first kappa shape index (κ1) is 14.3. The van der Waals surface area contributed by atoms with Crippen molar-refractivity contribution in [3.05, 3.63) is 0 Å². The zero-order valence-electron chi connectivity index (χ0n) is 12.3. The third-order valence-corrected chi connectivity index (χ3v) is 4.80. The van der Waals surface area contributed by atoms with Crippen LogP contribution in [0.15, 0.2) is 0 Å². The lowest BCUT2D eigenvalue weighted by molar-refractivity contribution is 0.211. The Morgan fingerprint density at radius 2 is 1.78 bits per heavy atom. The molecule has 0 aliphatic carbocycles. The van der Waals surface area contributed by atoms with Gasteiger partial charge in [-0.15, -0.1) is 0 Å². The van der Waals surface area contributed by atoms with E-state index in [0.717, 1.165) is 12.0 Å². The van der Waals surface area contributed by atoms with Crippen LogP contribution in [-0.4, -0.2) is 62.2 Å². The molecular weight excluding hydrogens is 222 g/mol. The Kier molecular flexibility index (Phi) is 5.93. The Morgan fingerprint density at radius 1 is 1.00 bits per heavy atom. The molecule has 0 spiro atoms. The van der Waals surface area contributed by atoms with Crippen molar-refractivity contribution in [3.63, 3.8) is 0 Å². The number of hydrogen-bond acceptors (Lipinski definition) is 3. The fraction of sp³-hybridized carbons (Fsp3) is 1.00. The van der Waals surface area contributed by atoms with Crippen LogP contribution in [0.2, 0.25) is 0 Å². The van der Waals surface area contributed by atoms with E-state index in [-0.39, 0.29) is 0 Å². The van der Waals surface area contributed by atoms with Crippen LogP contribution in [0.25, 0.3) is 0 Å². The minimum Gasteiger partial charge on any atom is -0.314 e. The highest BCUT2D eigenvalue weighted by Crippen LogP contribution is 2.16. The Bertz CT molecular complexity index is 224. The van der Waals surface area contributed by atoms with Crippen molar-refractivity contribution < 1.29 is 0 Å². The van der Waals surface area contributed by atoms with Crippen LogP contribution in [0.3, 0.4) is 0 Å². The molecule has 0 saturated carbocycles. The topological polar surface area (TPSA) is 18.5 Å². The fourth-order valence-electron chi connectivity index (χ4n) is 3.28. The molecule has 2 aliphatic rings. The van der Waals surface area contributed by atoms with Gasteiger partial charge in [-0.2, -0.15) is 0 Å². The second-order valence-electron chi connectivity index (χ2n) is 6.22. The van der Waals surface area contributed by atoms with E-state index in [1.165, 1.54) is 71.4 Å². The van der Waals surface area contributed by atoms with Crippen LogP contribution in [-0.2, 0) is 0 Å². The molecule has 0 bridgehead atoms. The molecule has 0 aromatic carbocycles. The average Bonchev–Trinajstić information content (AvgIpc) is 2.63. The third-order valence-electron chi connectivity index (χ3n) is 4.80. The van der Waals surface area contributed by atoms with E-state index in [4.69, 9.17) is 0 Å². The van der Waals surface area contributed by atoms with Gasteiger partial charge < -0.3 is 15.1 Å². The highest BCUT2D eigenvalue weighted by Gasteiger charge is 2.19. The van der Waals surface area contributed by atoms with E-state index in [1.807, 2.05) is 0 Å². The molecular formula is C15H31N3. The summed E-state index contributed by atoms with van der Waals surface area (Å²) in [5.74, 6) is 0.923. The number of nitrogens with zero attached hydrogens (tertiary/aromatic N) is 2. The minimum absolute atomic E-state index is 0.779. The van der Waals surface area contributed by atoms with Crippen molar-refractivity contribution in [2.75, 3.05) is 46.3 Å². The van der Waals surface area contributed by atoms with Crippen LogP contribution in [0.1, 0.15) is 39.0 Å². The monoisotopic (exact) mass is 253 g/mol. The van der Waals surface area contributed by atoms with Crippen molar-refractivity contribution in [1.82, 2.24) is 15.1 Å². The molecule has 0 aromatic rings. The van der Waals surface area contributed by atoms with E-state index in [2.05, 4.69) is 29.1 Å². The Balaban J connectivity index is 1.64. The molecule has 2 saturated heterocycles. The van der Waals surface area contributed by atoms with Gasteiger partial charge in [0.25, 0.3) is 0 Å². The smallest absolute Gasteiger partial charge is 0.00798 e. The molecule has 2 rings (SSSR count). The lowest BCUT2D eigenvalue weighted by Crippen LogP contribution is -2.39.